The Morgan fingerprint density at radius 1 is 1.04 bits per heavy atom. The van der Waals surface area contributed by atoms with Crippen molar-refractivity contribution in [1.82, 2.24) is 4.98 Å². The zero-order valence-electron chi connectivity index (χ0n) is 14.4. The quantitative estimate of drug-likeness (QED) is 0.701. The standard InChI is InChI=1S/C20H20N2O2S/c1-14-8-9-18-16(11-14)6-4-10-22(18)25(23,24)19-7-3-5-17-12-15(2)13-21-20(17)19/h3,5,7-9,11-13H,4,6,10H2,1-2H3. The Morgan fingerprint density at radius 3 is 2.72 bits per heavy atom. The third-order valence-corrected chi connectivity index (χ3v) is 6.53. The van der Waals surface area contributed by atoms with Gasteiger partial charge in [0.15, 0.2) is 0 Å². The van der Waals surface area contributed by atoms with Crippen molar-refractivity contribution in [2.45, 2.75) is 31.6 Å². The smallest absolute Gasteiger partial charge is 0.266 e. The minimum Gasteiger partial charge on any atom is -0.266 e. The first kappa shape index (κ1) is 16.1. The topological polar surface area (TPSA) is 50.3 Å². The molecular formula is C20H20N2O2S. The molecule has 1 aromatic heterocycles. The number of fused-ring (bicyclic) bond motifs is 2. The van der Waals surface area contributed by atoms with Crippen LogP contribution in [-0.2, 0) is 16.4 Å². The van der Waals surface area contributed by atoms with Crippen LogP contribution in [0.3, 0.4) is 0 Å². The van der Waals surface area contributed by atoms with E-state index in [1.165, 1.54) is 0 Å². The van der Waals surface area contributed by atoms with Gasteiger partial charge in [-0.3, -0.25) is 9.29 Å². The van der Waals surface area contributed by atoms with Gasteiger partial charge in [-0.05, 0) is 56.0 Å². The normalized spacial score (nSPS) is 14.6. The Kier molecular flexibility index (Phi) is 3.76. The van der Waals surface area contributed by atoms with Gasteiger partial charge in [0.2, 0.25) is 0 Å². The van der Waals surface area contributed by atoms with Gasteiger partial charge in [0.1, 0.15) is 4.90 Å². The van der Waals surface area contributed by atoms with Crippen LogP contribution in [0.1, 0.15) is 23.1 Å². The van der Waals surface area contributed by atoms with Crippen LogP contribution in [0.5, 0.6) is 0 Å². The number of aromatic nitrogens is 1. The molecule has 0 atom stereocenters. The second kappa shape index (κ2) is 5.85. The van der Waals surface area contributed by atoms with E-state index >= 15 is 0 Å². The summed E-state index contributed by atoms with van der Waals surface area (Å²) in [5.41, 5.74) is 4.59. The fourth-order valence-corrected chi connectivity index (χ4v) is 5.22. The van der Waals surface area contributed by atoms with Crippen LogP contribution in [0.4, 0.5) is 5.69 Å². The summed E-state index contributed by atoms with van der Waals surface area (Å²) in [7, 11) is -3.66. The number of hydrogen-bond acceptors (Lipinski definition) is 3. The fourth-order valence-electron chi connectivity index (χ4n) is 3.51. The van der Waals surface area contributed by atoms with Gasteiger partial charge in [-0.15, -0.1) is 0 Å². The lowest BCUT2D eigenvalue weighted by Crippen LogP contribution is -2.35. The molecule has 0 radical (unpaired) electrons. The largest absolute Gasteiger partial charge is 0.266 e. The number of rotatable bonds is 2. The molecule has 2 heterocycles. The highest BCUT2D eigenvalue weighted by molar-refractivity contribution is 7.93. The van der Waals surface area contributed by atoms with E-state index in [1.54, 1.807) is 22.6 Å². The molecule has 0 spiro atoms. The molecular weight excluding hydrogens is 332 g/mol. The van der Waals surface area contributed by atoms with Gasteiger partial charge in [-0.25, -0.2) is 8.42 Å². The lowest BCUT2D eigenvalue weighted by Gasteiger charge is -2.31. The molecule has 0 unspecified atom stereocenters. The maximum atomic E-state index is 13.4. The number of benzene rings is 2. The van der Waals surface area contributed by atoms with Gasteiger partial charge in [0.25, 0.3) is 10.0 Å². The van der Waals surface area contributed by atoms with E-state index in [0.717, 1.165) is 40.6 Å². The van der Waals surface area contributed by atoms with Crippen molar-refractivity contribution in [3.8, 4) is 0 Å². The van der Waals surface area contributed by atoms with Gasteiger partial charge in [0.05, 0.1) is 11.2 Å². The monoisotopic (exact) mass is 352 g/mol. The highest BCUT2D eigenvalue weighted by Crippen LogP contribution is 2.34. The molecule has 4 nitrogen and oxygen atoms in total. The molecule has 128 valence electrons. The summed E-state index contributed by atoms with van der Waals surface area (Å²) in [6.07, 6.45) is 3.46. The molecule has 0 saturated carbocycles. The highest BCUT2D eigenvalue weighted by atomic mass is 32.2. The molecule has 2 aromatic carbocycles. The Balaban J connectivity index is 1.90. The first-order chi connectivity index (χ1) is 12.0. The number of pyridine rings is 1. The minimum atomic E-state index is -3.66. The molecule has 1 aliphatic heterocycles. The summed E-state index contributed by atoms with van der Waals surface area (Å²) >= 11 is 0. The molecule has 0 N–H and O–H groups in total. The van der Waals surface area contributed by atoms with E-state index in [0.29, 0.717) is 12.1 Å². The van der Waals surface area contributed by atoms with Crippen molar-refractivity contribution in [2.75, 3.05) is 10.8 Å². The SMILES string of the molecule is Cc1ccc2c(c1)CCCN2S(=O)(=O)c1cccc2cc(C)cnc12. The number of nitrogens with zero attached hydrogens (tertiary/aromatic N) is 2. The zero-order chi connectivity index (χ0) is 17.6. The first-order valence-corrected chi connectivity index (χ1v) is 9.88. The number of aryl methyl sites for hydroxylation is 3. The summed E-state index contributed by atoms with van der Waals surface area (Å²) < 4.78 is 28.4. The molecule has 1 aliphatic rings. The Labute approximate surface area is 148 Å². The predicted molar refractivity (Wildman–Crippen MR) is 101 cm³/mol. The van der Waals surface area contributed by atoms with Crippen molar-refractivity contribution >= 4 is 26.6 Å². The molecule has 0 aliphatic carbocycles. The molecule has 25 heavy (non-hydrogen) atoms. The van der Waals surface area contributed by atoms with Crippen molar-refractivity contribution in [1.29, 1.82) is 0 Å². The Bertz CT molecular complexity index is 1070. The number of para-hydroxylation sites is 1. The average molecular weight is 352 g/mol. The molecule has 5 heteroatoms. The van der Waals surface area contributed by atoms with Crippen LogP contribution < -0.4 is 4.31 Å². The summed E-state index contributed by atoms with van der Waals surface area (Å²) in [5.74, 6) is 0. The lowest BCUT2D eigenvalue weighted by molar-refractivity contribution is 0.587. The Morgan fingerprint density at radius 2 is 1.88 bits per heavy atom. The van der Waals surface area contributed by atoms with E-state index in [9.17, 15) is 8.42 Å². The average Bonchev–Trinajstić information content (AvgIpc) is 2.60. The Hall–Kier alpha value is -2.40. The third kappa shape index (κ3) is 2.68. The summed E-state index contributed by atoms with van der Waals surface area (Å²) in [6, 6.07) is 13.3. The van der Waals surface area contributed by atoms with Crippen LogP contribution in [-0.4, -0.2) is 19.9 Å². The first-order valence-electron chi connectivity index (χ1n) is 8.44. The third-order valence-electron chi connectivity index (χ3n) is 4.69. The van der Waals surface area contributed by atoms with Crippen molar-refractivity contribution < 1.29 is 8.42 Å². The van der Waals surface area contributed by atoms with E-state index in [2.05, 4.69) is 11.1 Å². The van der Waals surface area contributed by atoms with Crippen molar-refractivity contribution in [3.05, 3.63) is 65.4 Å². The van der Waals surface area contributed by atoms with Crippen molar-refractivity contribution in [3.63, 3.8) is 0 Å². The summed E-state index contributed by atoms with van der Waals surface area (Å²) in [4.78, 5) is 4.68. The number of hydrogen-bond donors (Lipinski definition) is 0. The van der Waals surface area contributed by atoms with Crippen LogP contribution in [0.25, 0.3) is 10.9 Å². The maximum absolute atomic E-state index is 13.4. The summed E-state index contributed by atoms with van der Waals surface area (Å²) in [5, 5.41) is 0.849. The zero-order valence-corrected chi connectivity index (χ0v) is 15.2. The van der Waals surface area contributed by atoms with Gasteiger partial charge < -0.3 is 0 Å². The number of anilines is 1. The fraction of sp³-hybridized carbons (Fsp3) is 0.250. The lowest BCUT2D eigenvalue weighted by atomic mass is 10.0. The van der Waals surface area contributed by atoms with E-state index in [4.69, 9.17) is 0 Å². The van der Waals surface area contributed by atoms with Crippen LogP contribution in [0.2, 0.25) is 0 Å². The van der Waals surface area contributed by atoms with E-state index < -0.39 is 10.0 Å². The second-order valence-corrected chi connectivity index (χ2v) is 8.48. The van der Waals surface area contributed by atoms with Gasteiger partial charge >= 0.3 is 0 Å². The maximum Gasteiger partial charge on any atom is 0.266 e. The molecule has 3 aromatic rings. The summed E-state index contributed by atoms with van der Waals surface area (Å²) in [6.45, 7) is 4.49. The van der Waals surface area contributed by atoms with Crippen LogP contribution in [0, 0.1) is 13.8 Å². The number of sulfonamides is 1. The van der Waals surface area contributed by atoms with E-state index in [1.807, 2.05) is 38.1 Å². The van der Waals surface area contributed by atoms with Gasteiger partial charge in [-0.1, -0.05) is 29.8 Å². The molecule has 0 saturated heterocycles. The molecule has 4 rings (SSSR count). The van der Waals surface area contributed by atoms with Crippen molar-refractivity contribution in [2.24, 2.45) is 0 Å². The predicted octanol–water partition coefficient (Wildman–Crippen LogP) is 3.99. The van der Waals surface area contributed by atoms with E-state index in [-0.39, 0.29) is 4.90 Å². The van der Waals surface area contributed by atoms with Crippen LogP contribution in [0.15, 0.2) is 53.6 Å². The molecule has 0 bridgehead atoms. The van der Waals surface area contributed by atoms with Gasteiger partial charge in [0, 0.05) is 18.1 Å². The minimum absolute atomic E-state index is 0.276. The highest BCUT2D eigenvalue weighted by Gasteiger charge is 2.30. The second-order valence-electron chi connectivity index (χ2n) is 6.65. The molecule has 0 amide bonds. The van der Waals surface area contributed by atoms with Crippen LogP contribution >= 0.6 is 0 Å². The molecule has 0 fully saturated rings. The van der Waals surface area contributed by atoms with Gasteiger partial charge in [-0.2, -0.15) is 0 Å².